The standard InChI is InChI=1S/C16H12IN3O2/c17-11-6-8-12(9-7-11)18-16(22)15-14(21)10-20(19-15)13-4-2-1-3-5-13/h1-10,21H,(H,18,22). The van der Waals surface area contributed by atoms with E-state index in [0.717, 1.165) is 9.26 Å². The van der Waals surface area contributed by atoms with E-state index in [1.54, 1.807) is 12.1 Å². The first-order valence-electron chi connectivity index (χ1n) is 6.54. The molecular formula is C16H12IN3O2. The molecule has 110 valence electrons. The maximum absolute atomic E-state index is 12.2. The van der Waals surface area contributed by atoms with Crippen molar-refractivity contribution in [2.75, 3.05) is 5.32 Å². The normalized spacial score (nSPS) is 10.4. The monoisotopic (exact) mass is 405 g/mol. The molecule has 0 saturated heterocycles. The second-order valence-electron chi connectivity index (χ2n) is 4.60. The van der Waals surface area contributed by atoms with Crippen LogP contribution in [0.4, 0.5) is 5.69 Å². The first kappa shape index (κ1) is 14.6. The smallest absolute Gasteiger partial charge is 0.280 e. The maximum Gasteiger partial charge on any atom is 0.280 e. The number of hydrogen-bond donors (Lipinski definition) is 2. The van der Waals surface area contributed by atoms with Crippen LogP contribution in [0.3, 0.4) is 0 Å². The minimum atomic E-state index is -0.451. The van der Waals surface area contributed by atoms with Crippen LogP contribution in [0.25, 0.3) is 5.69 Å². The molecule has 6 heteroatoms. The molecular weight excluding hydrogens is 393 g/mol. The summed E-state index contributed by atoms with van der Waals surface area (Å²) in [5.74, 6) is -0.611. The molecule has 3 rings (SSSR count). The largest absolute Gasteiger partial charge is 0.504 e. The second kappa shape index (κ2) is 6.18. The SMILES string of the molecule is O=C(Nc1ccc(I)cc1)c1nn(-c2ccccc2)cc1O. The van der Waals surface area contributed by atoms with E-state index in [9.17, 15) is 9.90 Å². The van der Waals surface area contributed by atoms with Crippen LogP contribution >= 0.6 is 22.6 Å². The predicted molar refractivity (Wildman–Crippen MR) is 92.3 cm³/mol. The highest BCUT2D eigenvalue weighted by Gasteiger charge is 2.17. The van der Waals surface area contributed by atoms with Crippen molar-refractivity contribution < 1.29 is 9.90 Å². The molecule has 0 radical (unpaired) electrons. The number of para-hydroxylation sites is 1. The summed E-state index contributed by atoms with van der Waals surface area (Å²) in [6.07, 6.45) is 1.41. The van der Waals surface area contributed by atoms with Gasteiger partial charge in [0.15, 0.2) is 11.4 Å². The average molecular weight is 405 g/mol. The second-order valence-corrected chi connectivity index (χ2v) is 5.85. The van der Waals surface area contributed by atoms with E-state index in [2.05, 4.69) is 33.0 Å². The minimum Gasteiger partial charge on any atom is -0.504 e. The van der Waals surface area contributed by atoms with Crippen molar-refractivity contribution in [2.45, 2.75) is 0 Å². The van der Waals surface area contributed by atoms with Crippen molar-refractivity contribution >= 4 is 34.2 Å². The van der Waals surface area contributed by atoms with Gasteiger partial charge in [-0.25, -0.2) is 4.68 Å². The number of benzene rings is 2. The lowest BCUT2D eigenvalue weighted by Gasteiger charge is -2.03. The molecule has 1 aromatic heterocycles. The fourth-order valence-corrected chi connectivity index (χ4v) is 2.32. The Labute approximate surface area is 140 Å². The molecule has 1 amide bonds. The van der Waals surface area contributed by atoms with E-state index in [1.165, 1.54) is 10.9 Å². The Balaban J connectivity index is 1.84. The molecule has 0 bridgehead atoms. The van der Waals surface area contributed by atoms with Crippen LogP contribution in [-0.2, 0) is 0 Å². The summed E-state index contributed by atoms with van der Waals surface area (Å²) in [6, 6.07) is 16.7. The lowest BCUT2D eigenvalue weighted by atomic mass is 10.3. The van der Waals surface area contributed by atoms with Crippen LogP contribution in [0.1, 0.15) is 10.5 Å². The van der Waals surface area contributed by atoms with Crippen LogP contribution in [-0.4, -0.2) is 20.8 Å². The Morgan fingerprint density at radius 1 is 1.09 bits per heavy atom. The number of carbonyl (C=O) groups is 1. The van der Waals surface area contributed by atoms with E-state index in [1.807, 2.05) is 42.5 Å². The summed E-state index contributed by atoms with van der Waals surface area (Å²) in [5.41, 5.74) is 1.41. The van der Waals surface area contributed by atoms with Crippen molar-refractivity contribution in [2.24, 2.45) is 0 Å². The van der Waals surface area contributed by atoms with Gasteiger partial charge < -0.3 is 10.4 Å². The van der Waals surface area contributed by atoms with Crippen LogP contribution in [0.5, 0.6) is 5.75 Å². The number of halogens is 1. The van der Waals surface area contributed by atoms with Gasteiger partial charge in [-0.1, -0.05) is 18.2 Å². The Hall–Kier alpha value is -2.35. The third kappa shape index (κ3) is 3.11. The van der Waals surface area contributed by atoms with Gasteiger partial charge in [-0.3, -0.25) is 4.79 Å². The van der Waals surface area contributed by atoms with E-state index in [4.69, 9.17) is 0 Å². The van der Waals surface area contributed by atoms with E-state index in [-0.39, 0.29) is 11.4 Å². The molecule has 0 saturated carbocycles. The Bertz CT molecular complexity index is 798. The molecule has 2 N–H and O–H groups in total. The lowest BCUT2D eigenvalue weighted by molar-refractivity contribution is 0.101. The average Bonchev–Trinajstić information content (AvgIpc) is 2.92. The fraction of sp³-hybridized carbons (Fsp3) is 0. The number of aromatic nitrogens is 2. The van der Waals surface area contributed by atoms with Crippen molar-refractivity contribution in [1.82, 2.24) is 9.78 Å². The first-order valence-corrected chi connectivity index (χ1v) is 7.62. The molecule has 0 fully saturated rings. The van der Waals surface area contributed by atoms with Crippen LogP contribution in [0.2, 0.25) is 0 Å². The van der Waals surface area contributed by atoms with Gasteiger partial charge in [0.2, 0.25) is 0 Å². The van der Waals surface area contributed by atoms with E-state index in [0.29, 0.717) is 5.69 Å². The van der Waals surface area contributed by atoms with Gasteiger partial charge >= 0.3 is 0 Å². The number of anilines is 1. The first-order chi connectivity index (χ1) is 10.6. The van der Waals surface area contributed by atoms with E-state index < -0.39 is 5.91 Å². The van der Waals surface area contributed by atoms with Gasteiger partial charge in [0.05, 0.1) is 11.9 Å². The van der Waals surface area contributed by atoms with Gasteiger partial charge in [0.1, 0.15) is 0 Å². The summed E-state index contributed by atoms with van der Waals surface area (Å²) in [5, 5.41) is 16.8. The topological polar surface area (TPSA) is 67.2 Å². The van der Waals surface area contributed by atoms with Crippen LogP contribution in [0.15, 0.2) is 60.8 Å². The zero-order valence-corrected chi connectivity index (χ0v) is 13.6. The highest BCUT2D eigenvalue weighted by molar-refractivity contribution is 14.1. The maximum atomic E-state index is 12.2. The molecule has 0 atom stereocenters. The summed E-state index contributed by atoms with van der Waals surface area (Å²) < 4.78 is 2.55. The van der Waals surface area contributed by atoms with Crippen molar-refractivity contribution in [3.8, 4) is 11.4 Å². The molecule has 0 aliphatic rings. The fourth-order valence-electron chi connectivity index (χ4n) is 1.96. The van der Waals surface area contributed by atoms with Crippen molar-refractivity contribution in [3.05, 3.63) is 70.1 Å². The van der Waals surface area contributed by atoms with E-state index >= 15 is 0 Å². The number of aromatic hydroxyl groups is 1. The molecule has 0 aliphatic heterocycles. The number of rotatable bonds is 3. The van der Waals surface area contributed by atoms with Crippen molar-refractivity contribution in [1.29, 1.82) is 0 Å². The summed E-state index contributed by atoms with van der Waals surface area (Å²) in [6.45, 7) is 0. The Kier molecular flexibility index (Phi) is 4.10. The summed E-state index contributed by atoms with van der Waals surface area (Å²) in [4.78, 5) is 12.2. The highest BCUT2D eigenvalue weighted by atomic mass is 127. The van der Waals surface area contributed by atoms with Crippen molar-refractivity contribution in [3.63, 3.8) is 0 Å². The van der Waals surface area contributed by atoms with Gasteiger partial charge in [0, 0.05) is 9.26 Å². The number of hydrogen-bond acceptors (Lipinski definition) is 3. The summed E-state index contributed by atoms with van der Waals surface area (Å²) in [7, 11) is 0. The zero-order chi connectivity index (χ0) is 15.5. The number of nitrogens with one attached hydrogen (secondary N) is 1. The highest BCUT2D eigenvalue weighted by Crippen LogP contribution is 2.20. The number of nitrogens with zero attached hydrogens (tertiary/aromatic N) is 2. The summed E-state index contributed by atoms with van der Waals surface area (Å²) >= 11 is 2.19. The van der Waals surface area contributed by atoms with Crippen LogP contribution < -0.4 is 5.32 Å². The Morgan fingerprint density at radius 3 is 2.45 bits per heavy atom. The Morgan fingerprint density at radius 2 is 1.77 bits per heavy atom. The molecule has 0 aliphatic carbocycles. The van der Waals surface area contributed by atoms with Gasteiger partial charge in [0.25, 0.3) is 5.91 Å². The van der Waals surface area contributed by atoms with Gasteiger partial charge in [-0.15, -0.1) is 0 Å². The number of carbonyl (C=O) groups excluding carboxylic acids is 1. The molecule has 22 heavy (non-hydrogen) atoms. The quantitative estimate of drug-likeness (QED) is 0.657. The minimum absolute atomic E-state index is 0.0117. The molecule has 0 spiro atoms. The molecule has 3 aromatic rings. The predicted octanol–water partition coefficient (Wildman–Crippen LogP) is 3.43. The molecule has 5 nitrogen and oxygen atoms in total. The zero-order valence-electron chi connectivity index (χ0n) is 11.4. The third-order valence-corrected chi connectivity index (χ3v) is 3.75. The van der Waals surface area contributed by atoms with Gasteiger partial charge in [-0.2, -0.15) is 5.10 Å². The molecule has 0 unspecified atom stereocenters. The van der Waals surface area contributed by atoms with Gasteiger partial charge in [-0.05, 0) is 59.0 Å². The molecule has 1 heterocycles. The third-order valence-electron chi connectivity index (χ3n) is 3.03. The van der Waals surface area contributed by atoms with Crippen LogP contribution in [0, 0.1) is 3.57 Å². The molecule has 2 aromatic carbocycles. The number of amides is 1. The lowest BCUT2D eigenvalue weighted by Crippen LogP contribution is -2.13.